The lowest BCUT2D eigenvalue weighted by Crippen LogP contribution is -2.45. The fourth-order valence-corrected chi connectivity index (χ4v) is 2.93. The second-order valence-electron chi connectivity index (χ2n) is 5.73. The number of hydrogen-bond donors (Lipinski definition) is 0. The molecule has 0 saturated carbocycles. The molecule has 0 saturated heterocycles. The molecule has 0 radical (unpaired) electrons. The van der Waals surface area contributed by atoms with Crippen LogP contribution in [0.3, 0.4) is 0 Å². The van der Waals surface area contributed by atoms with Crippen LogP contribution in [0.1, 0.15) is 25.8 Å². The Hall–Kier alpha value is -1.88. The van der Waals surface area contributed by atoms with Crippen molar-refractivity contribution in [2.45, 2.75) is 32.7 Å². The highest BCUT2D eigenvalue weighted by molar-refractivity contribution is 5.98. The molecule has 0 spiro atoms. The highest BCUT2D eigenvalue weighted by Crippen LogP contribution is 2.31. The Labute approximate surface area is 131 Å². The van der Waals surface area contributed by atoms with Gasteiger partial charge in [-0.15, -0.1) is 0 Å². The summed E-state index contributed by atoms with van der Waals surface area (Å²) < 4.78 is 5.01. The van der Waals surface area contributed by atoms with Crippen molar-refractivity contribution >= 4 is 17.5 Å². The Morgan fingerprint density at radius 2 is 2.09 bits per heavy atom. The van der Waals surface area contributed by atoms with Crippen LogP contribution in [0.4, 0.5) is 5.69 Å². The summed E-state index contributed by atoms with van der Waals surface area (Å²) >= 11 is 0. The maximum absolute atomic E-state index is 12.7. The van der Waals surface area contributed by atoms with E-state index in [9.17, 15) is 9.59 Å². The Bertz CT molecular complexity index is 544. The molecule has 1 heterocycles. The van der Waals surface area contributed by atoms with E-state index in [0.29, 0.717) is 13.2 Å². The average molecular weight is 304 g/mol. The number of hydrogen-bond acceptors (Lipinski definition) is 3. The van der Waals surface area contributed by atoms with E-state index in [4.69, 9.17) is 4.74 Å². The molecule has 1 atom stereocenters. The highest BCUT2D eigenvalue weighted by atomic mass is 16.5. The third-order valence-corrected chi connectivity index (χ3v) is 4.02. The molecular formula is C17H24N2O3. The molecule has 5 nitrogen and oxygen atoms in total. The second kappa shape index (κ2) is 7.40. The van der Waals surface area contributed by atoms with Crippen molar-refractivity contribution in [3.05, 3.63) is 29.8 Å². The molecule has 120 valence electrons. The van der Waals surface area contributed by atoms with Gasteiger partial charge in [0.25, 0.3) is 0 Å². The molecule has 22 heavy (non-hydrogen) atoms. The molecule has 2 rings (SSSR count). The van der Waals surface area contributed by atoms with E-state index in [-0.39, 0.29) is 24.4 Å². The normalized spacial score (nSPS) is 16.5. The standard InChI is InChI=1S/C17H24N2O3/c1-13-11-15-7-4-5-8-16(15)19(13)17(21)12-18(14(2)20)9-6-10-22-3/h4-5,7-8,13H,6,9-12H2,1-3H3. The summed E-state index contributed by atoms with van der Waals surface area (Å²) in [6.45, 7) is 4.79. The van der Waals surface area contributed by atoms with Crippen molar-refractivity contribution in [3.8, 4) is 0 Å². The van der Waals surface area contributed by atoms with Crippen molar-refractivity contribution in [1.29, 1.82) is 0 Å². The van der Waals surface area contributed by atoms with Crippen molar-refractivity contribution < 1.29 is 14.3 Å². The van der Waals surface area contributed by atoms with Gasteiger partial charge >= 0.3 is 0 Å². The number of ether oxygens (including phenoxy) is 1. The molecule has 5 heteroatoms. The first-order valence-corrected chi connectivity index (χ1v) is 7.69. The molecule has 0 bridgehead atoms. The first kappa shape index (κ1) is 16.5. The lowest BCUT2D eigenvalue weighted by molar-refractivity contribution is -0.133. The van der Waals surface area contributed by atoms with E-state index in [2.05, 4.69) is 6.07 Å². The first-order chi connectivity index (χ1) is 10.5. The van der Waals surface area contributed by atoms with E-state index in [0.717, 1.165) is 18.5 Å². The van der Waals surface area contributed by atoms with Crippen LogP contribution in [0.15, 0.2) is 24.3 Å². The summed E-state index contributed by atoms with van der Waals surface area (Å²) in [4.78, 5) is 27.8. The van der Waals surface area contributed by atoms with Crippen molar-refractivity contribution in [2.75, 3.05) is 31.7 Å². The van der Waals surface area contributed by atoms with Gasteiger partial charge in [0.1, 0.15) is 6.54 Å². The minimum Gasteiger partial charge on any atom is -0.385 e. The van der Waals surface area contributed by atoms with Gasteiger partial charge in [-0.25, -0.2) is 0 Å². The summed E-state index contributed by atoms with van der Waals surface area (Å²) in [6.07, 6.45) is 1.60. The van der Waals surface area contributed by atoms with Gasteiger partial charge in [-0.3, -0.25) is 9.59 Å². The molecule has 1 aromatic carbocycles. The van der Waals surface area contributed by atoms with Gasteiger partial charge in [0.2, 0.25) is 11.8 Å². The highest BCUT2D eigenvalue weighted by Gasteiger charge is 2.31. The SMILES string of the molecule is COCCCN(CC(=O)N1c2ccccc2CC1C)C(C)=O. The number of carbonyl (C=O) groups is 2. The lowest BCUT2D eigenvalue weighted by Gasteiger charge is -2.27. The van der Waals surface area contributed by atoms with Gasteiger partial charge in [-0.1, -0.05) is 18.2 Å². The Morgan fingerprint density at radius 3 is 2.77 bits per heavy atom. The third-order valence-electron chi connectivity index (χ3n) is 4.02. The first-order valence-electron chi connectivity index (χ1n) is 7.69. The molecule has 1 aliphatic heterocycles. The zero-order valence-corrected chi connectivity index (χ0v) is 13.5. The number of anilines is 1. The Kier molecular flexibility index (Phi) is 5.55. The van der Waals surface area contributed by atoms with Gasteiger partial charge < -0.3 is 14.5 Å². The number of methoxy groups -OCH3 is 1. The van der Waals surface area contributed by atoms with Crippen molar-refractivity contribution in [1.82, 2.24) is 4.90 Å². The van der Waals surface area contributed by atoms with Crippen LogP contribution in [0.25, 0.3) is 0 Å². The number of fused-ring (bicyclic) bond motifs is 1. The average Bonchev–Trinajstić information content (AvgIpc) is 2.81. The molecule has 0 N–H and O–H groups in total. The minimum atomic E-state index is -0.0791. The van der Waals surface area contributed by atoms with Gasteiger partial charge in [-0.2, -0.15) is 0 Å². The molecule has 1 aromatic rings. The van der Waals surface area contributed by atoms with Gasteiger partial charge in [0, 0.05) is 38.9 Å². The molecule has 0 aliphatic carbocycles. The molecular weight excluding hydrogens is 280 g/mol. The number of nitrogens with zero attached hydrogens (tertiary/aromatic N) is 2. The largest absolute Gasteiger partial charge is 0.385 e. The molecule has 0 fully saturated rings. The van der Waals surface area contributed by atoms with Crippen LogP contribution in [0.2, 0.25) is 0 Å². The summed E-state index contributed by atoms with van der Waals surface area (Å²) in [5.41, 5.74) is 2.16. The minimum absolute atomic E-state index is 0.0231. The molecule has 0 aromatic heterocycles. The van der Waals surface area contributed by atoms with E-state index in [1.165, 1.54) is 12.5 Å². The van der Waals surface area contributed by atoms with Gasteiger partial charge in [0.05, 0.1) is 0 Å². The van der Waals surface area contributed by atoms with Crippen molar-refractivity contribution in [2.24, 2.45) is 0 Å². The fourth-order valence-electron chi connectivity index (χ4n) is 2.93. The summed E-state index contributed by atoms with van der Waals surface area (Å²) in [6, 6.07) is 8.10. The summed E-state index contributed by atoms with van der Waals surface area (Å²) in [5.74, 6) is -0.102. The van der Waals surface area contributed by atoms with Crippen LogP contribution >= 0.6 is 0 Å². The predicted molar refractivity (Wildman–Crippen MR) is 85.8 cm³/mol. The molecule has 1 aliphatic rings. The van der Waals surface area contributed by atoms with Crippen LogP contribution in [-0.2, 0) is 20.7 Å². The second-order valence-corrected chi connectivity index (χ2v) is 5.73. The lowest BCUT2D eigenvalue weighted by atomic mass is 10.1. The summed E-state index contributed by atoms with van der Waals surface area (Å²) in [5, 5.41) is 0. The smallest absolute Gasteiger partial charge is 0.246 e. The maximum atomic E-state index is 12.7. The number of rotatable bonds is 6. The third kappa shape index (κ3) is 3.65. The van der Waals surface area contributed by atoms with E-state index in [1.54, 1.807) is 12.0 Å². The number of benzene rings is 1. The number of para-hydroxylation sites is 1. The maximum Gasteiger partial charge on any atom is 0.246 e. The van der Waals surface area contributed by atoms with Crippen LogP contribution in [0, 0.1) is 0 Å². The Balaban J connectivity index is 2.05. The number of amides is 2. The van der Waals surface area contributed by atoms with E-state index >= 15 is 0 Å². The topological polar surface area (TPSA) is 49.9 Å². The van der Waals surface area contributed by atoms with Crippen molar-refractivity contribution in [3.63, 3.8) is 0 Å². The van der Waals surface area contributed by atoms with Crippen LogP contribution in [0.5, 0.6) is 0 Å². The zero-order chi connectivity index (χ0) is 16.1. The monoisotopic (exact) mass is 304 g/mol. The number of carbonyl (C=O) groups excluding carboxylic acids is 2. The van der Waals surface area contributed by atoms with Gasteiger partial charge in [-0.05, 0) is 31.4 Å². The zero-order valence-electron chi connectivity index (χ0n) is 13.5. The molecule has 1 unspecified atom stereocenters. The summed E-state index contributed by atoms with van der Waals surface area (Å²) in [7, 11) is 1.63. The van der Waals surface area contributed by atoms with Crippen LogP contribution in [-0.4, -0.2) is 49.6 Å². The van der Waals surface area contributed by atoms with E-state index in [1.807, 2.05) is 30.0 Å². The fraction of sp³-hybridized carbons (Fsp3) is 0.529. The van der Waals surface area contributed by atoms with E-state index < -0.39 is 0 Å². The predicted octanol–water partition coefficient (Wildman–Crippen LogP) is 1.85. The van der Waals surface area contributed by atoms with Crippen LogP contribution < -0.4 is 4.90 Å². The Morgan fingerprint density at radius 1 is 1.36 bits per heavy atom. The molecule has 2 amide bonds. The quantitative estimate of drug-likeness (QED) is 0.754. The van der Waals surface area contributed by atoms with Gasteiger partial charge in [0.15, 0.2) is 0 Å².